The first-order valence-corrected chi connectivity index (χ1v) is 8.43. The summed E-state index contributed by atoms with van der Waals surface area (Å²) in [4.78, 5) is 40.4. The molecule has 1 aliphatic heterocycles. The number of amides is 3. The predicted molar refractivity (Wildman–Crippen MR) is 99.7 cm³/mol. The van der Waals surface area contributed by atoms with Gasteiger partial charge in [-0.15, -0.1) is 0 Å². The van der Waals surface area contributed by atoms with Crippen LogP contribution in [0.1, 0.15) is 10.5 Å². The molecule has 1 aromatic carbocycles. The van der Waals surface area contributed by atoms with Gasteiger partial charge in [0.2, 0.25) is 0 Å². The quantitative estimate of drug-likeness (QED) is 0.608. The zero-order valence-corrected chi connectivity index (χ0v) is 15.0. The lowest BCUT2D eigenvalue weighted by Gasteiger charge is -2.13. The molecular formula is C19H18N4O5. The van der Waals surface area contributed by atoms with E-state index in [1.807, 2.05) is 0 Å². The van der Waals surface area contributed by atoms with E-state index in [9.17, 15) is 14.4 Å². The van der Waals surface area contributed by atoms with Crippen molar-refractivity contribution in [2.45, 2.75) is 0 Å². The molecule has 0 fully saturated rings. The second-order valence-electron chi connectivity index (χ2n) is 5.78. The van der Waals surface area contributed by atoms with Gasteiger partial charge in [0.1, 0.15) is 22.9 Å². The Balaban J connectivity index is 1.66. The lowest BCUT2D eigenvalue weighted by atomic mass is 10.2. The molecule has 9 heteroatoms. The Morgan fingerprint density at radius 3 is 2.61 bits per heavy atom. The number of hydrogen-bond acceptors (Lipinski definition) is 7. The molecule has 0 saturated heterocycles. The molecule has 3 amide bonds. The van der Waals surface area contributed by atoms with Crippen LogP contribution in [0.5, 0.6) is 11.5 Å². The van der Waals surface area contributed by atoms with E-state index in [1.165, 1.54) is 25.4 Å². The number of aliphatic hydroxyl groups excluding tert-OH is 1. The third-order valence-corrected chi connectivity index (χ3v) is 3.89. The summed E-state index contributed by atoms with van der Waals surface area (Å²) >= 11 is 0. The van der Waals surface area contributed by atoms with Crippen LogP contribution in [-0.4, -0.2) is 52.9 Å². The molecule has 3 N–H and O–H groups in total. The molecule has 0 spiro atoms. The largest absolute Gasteiger partial charge is 0.457 e. The number of benzene rings is 1. The maximum Gasteiger partial charge on any atom is 0.277 e. The van der Waals surface area contributed by atoms with Gasteiger partial charge in [0.15, 0.2) is 0 Å². The summed E-state index contributed by atoms with van der Waals surface area (Å²) in [5, 5.41) is 14.3. The van der Waals surface area contributed by atoms with Gasteiger partial charge in [-0.3, -0.25) is 24.3 Å². The zero-order valence-electron chi connectivity index (χ0n) is 15.0. The maximum atomic E-state index is 12.1. The summed E-state index contributed by atoms with van der Waals surface area (Å²) in [6.45, 7) is -0.336. The van der Waals surface area contributed by atoms with Crippen molar-refractivity contribution >= 4 is 23.4 Å². The van der Waals surface area contributed by atoms with E-state index < -0.39 is 11.8 Å². The minimum atomic E-state index is -0.488. The Hall–Kier alpha value is -3.72. The molecule has 2 heterocycles. The highest BCUT2D eigenvalue weighted by molar-refractivity contribution is 6.17. The molecule has 3 rings (SSSR count). The number of nitrogens with zero attached hydrogens (tertiary/aromatic N) is 2. The van der Waals surface area contributed by atoms with Gasteiger partial charge in [0, 0.05) is 31.1 Å². The van der Waals surface area contributed by atoms with Crippen molar-refractivity contribution in [3.8, 4) is 11.5 Å². The van der Waals surface area contributed by atoms with Gasteiger partial charge in [0.05, 0.1) is 13.2 Å². The number of carbonyl (C=O) groups is 3. The number of ether oxygens (including phenoxy) is 1. The number of carbonyl (C=O) groups excluding carboxylic acids is 3. The lowest BCUT2D eigenvalue weighted by molar-refractivity contribution is -0.137. The molecule has 144 valence electrons. The number of β-amino-alcohol motifs (C(OH)–C–C–N with tert-alkyl or cyclic N) is 1. The second-order valence-corrected chi connectivity index (χ2v) is 5.78. The lowest BCUT2D eigenvalue weighted by Crippen LogP contribution is -2.34. The van der Waals surface area contributed by atoms with Crippen molar-refractivity contribution in [1.82, 2.24) is 15.2 Å². The third-order valence-electron chi connectivity index (χ3n) is 3.89. The van der Waals surface area contributed by atoms with E-state index in [4.69, 9.17) is 9.84 Å². The number of imide groups is 1. The van der Waals surface area contributed by atoms with E-state index in [0.717, 1.165) is 4.90 Å². The molecule has 1 aromatic heterocycles. The van der Waals surface area contributed by atoms with Gasteiger partial charge < -0.3 is 20.5 Å². The first kappa shape index (κ1) is 19.1. The molecule has 0 unspecified atom stereocenters. The van der Waals surface area contributed by atoms with Gasteiger partial charge >= 0.3 is 0 Å². The minimum absolute atomic E-state index is 0.0455. The van der Waals surface area contributed by atoms with Crippen LogP contribution in [0.3, 0.4) is 0 Å². The van der Waals surface area contributed by atoms with Crippen molar-refractivity contribution in [1.29, 1.82) is 0 Å². The molecule has 0 aliphatic carbocycles. The fraction of sp³-hybridized carbons (Fsp3) is 0.158. The van der Waals surface area contributed by atoms with Gasteiger partial charge in [-0.1, -0.05) is 0 Å². The minimum Gasteiger partial charge on any atom is -0.457 e. The first-order valence-electron chi connectivity index (χ1n) is 8.43. The van der Waals surface area contributed by atoms with Crippen LogP contribution in [0.25, 0.3) is 0 Å². The number of nitrogens with one attached hydrogen (secondary N) is 2. The zero-order chi connectivity index (χ0) is 20.1. The Labute approximate surface area is 160 Å². The molecular weight excluding hydrogens is 364 g/mol. The second kappa shape index (κ2) is 8.31. The van der Waals surface area contributed by atoms with Crippen molar-refractivity contribution in [3.05, 3.63) is 60.1 Å². The first-order chi connectivity index (χ1) is 13.5. The fourth-order valence-electron chi connectivity index (χ4n) is 2.53. The van der Waals surface area contributed by atoms with Gasteiger partial charge in [-0.2, -0.15) is 0 Å². The van der Waals surface area contributed by atoms with Crippen LogP contribution in [0, 0.1) is 0 Å². The average molecular weight is 382 g/mol. The third kappa shape index (κ3) is 4.15. The van der Waals surface area contributed by atoms with Gasteiger partial charge in [0.25, 0.3) is 17.7 Å². The fourth-order valence-corrected chi connectivity index (χ4v) is 2.53. The average Bonchev–Trinajstić information content (AvgIpc) is 2.97. The molecule has 28 heavy (non-hydrogen) atoms. The monoisotopic (exact) mass is 382 g/mol. The summed E-state index contributed by atoms with van der Waals surface area (Å²) in [5.41, 5.74) is 0.963. The van der Waals surface area contributed by atoms with Crippen LogP contribution in [0.2, 0.25) is 0 Å². The number of pyridine rings is 1. The van der Waals surface area contributed by atoms with E-state index in [1.54, 1.807) is 30.3 Å². The van der Waals surface area contributed by atoms with Gasteiger partial charge in [-0.05, 0) is 30.3 Å². The highest BCUT2D eigenvalue weighted by Gasteiger charge is 2.30. The van der Waals surface area contributed by atoms with Crippen LogP contribution < -0.4 is 15.4 Å². The highest BCUT2D eigenvalue weighted by atomic mass is 16.5. The molecule has 0 bridgehead atoms. The number of aromatic nitrogens is 1. The molecule has 1 aliphatic rings. The Morgan fingerprint density at radius 1 is 1.18 bits per heavy atom. The van der Waals surface area contributed by atoms with Crippen molar-refractivity contribution in [2.75, 3.05) is 25.5 Å². The number of rotatable bonds is 7. The van der Waals surface area contributed by atoms with Crippen LogP contribution in [-0.2, 0) is 9.59 Å². The van der Waals surface area contributed by atoms with Crippen molar-refractivity contribution < 1.29 is 24.2 Å². The summed E-state index contributed by atoms with van der Waals surface area (Å²) < 4.78 is 5.71. The Morgan fingerprint density at radius 2 is 1.93 bits per heavy atom. The number of hydrogen-bond donors (Lipinski definition) is 3. The van der Waals surface area contributed by atoms with Crippen LogP contribution in [0.4, 0.5) is 5.69 Å². The highest BCUT2D eigenvalue weighted by Crippen LogP contribution is 2.24. The van der Waals surface area contributed by atoms with E-state index >= 15 is 0 Å². The van der Waals surface area contributed by atoms with Crippen molar-refractivity contribution in [2.24, 2.45) is 0 Å². The van der Waals surface area contributed by atoms with E-state index in [0.29, 0.717) is 17.2 Å². The molecule has 9 nitrogen and oxygen atoms in total. The molecule has 0 saturated carbocycles. The molecule has 0 atom stereocenters. The molecule has 2 aromatic rings. The molecule has 0 radical (unpaired) electrons. The topological polar surface area (TPSA) is 121 Å². The summed E-state index contributed by atoms with van der Waals surface area (Å²) in [5.74, 6) is -0.300. The Bertz CT molecular complexity index is 940. The maximum absolute atomic E-state index is 12.1. The smallest absolute Gasteiger partial charge is 0.277 e. The summed E-state index contributed by atoms with van der Waals surface area (Å²) in [6.07, 6.45) is 2.67. The normalized spacial score (nSPS) is 13.4. The standard InChI is InChI=1S/C19H18N4O5/c1-20-18(26)15-10-14(6-7-21-15)28-13-4-2-12(3-5-13)22-16-11-17(25)23(8-9-24)19(16)27/h2-7,10-11,22,24H,8-9H2,1H3,(H,20,26). The predicted octanol–water partition coefficient (Wildman–Crippen LogP) is 0.890. The van der Waals surface area contributed by atoms with Gasteiger partial charge in [-0.25, -0.2) is 0 Å². The van der Waals surface area contributed by atoms with Crippen LogP contribution >= 0.6 is 0 Å². The van der Waals surface area contributed by atoms with Crippen LogP contribution in [0.15, 0.2) is 54.4 Å². The summed E-state index contributed by atoms with van der Waals surface area (Å²) in [6, 6.07) is 9.87. The van der Waals surface area contributed by atoms with Crippen molar-refractivity contribution in [3.63, 3.8) is 0 Å². The van der Waals surface area contributed by atoms with E-state index in [2.05, 4.69) is 15.6 Å². The Kier molecular flexibility index (Phi) is 5.66. The SMILES string of the molecule is CNC(=O)c1cc(Oc2ccc(NC3=CC(=O)N(CCO)C3=O)cc2)ccn1. The number of anilines is 1. The summed E-state index contributed by atoms with van der Waals surface area (Å²) in [7, 11) is 1.52. The number of aliphatic hydroxyl groups is 1. The van der Waals surface area contributed by atoms with E-state index in [-0.39, 0.29) is 30.4 Å².